The minimum atomic E-state index is -1.36. The predicted molar refractivity (Wildman–Crippen MR) is 279 cm³/mol. The number of imidazole rings is 1. The smallest absolute Gasteiger partial charge is 0.326 e. The molecule has 1 heterocycles. The minimum absolute atomic E-state index is 0.0133. The van der Waals surface area contributed by atoms with Crippen molar-refractivity contribution >= 4 is 29.6 Å². The Kier molecular flexibility index (Phi) is 20.3. The van der Waals surface area contributed by atoms with Crippen LogP contribution >= 0.6 is 0 Å². The number of aromatic hydroxyl groups is 1. The van der Waals surface area contributed by atoms with Gasteiger partial charge in [0, 0.05) is 38.4 Å². The number of amides is 4. The van der Waals surface area contributed by atoms with Gasteiger partial charge < -0.3 is 41.8 Å². The lowest BCUT2D eigenvalue weighted by atomic mass is 9.77. The van der Waals surface area contributed by atoms with Gasteiger partial charge in [0.2, 0.25) is 23.6 Å². The Balaban J connectivity index is 1.21. The number of nitrogens with one attached hydrogen (secondary N) is 4. The molecule has 4 atom stereocenters. The molecule has 0 aliphatic heterocycles. The first-order valence-corrected chi connectivity index (χ1v) is 25.1. The van der Waals surface area contributed by atoms with Crippen molar-refractivity contribution in [1.82, 2.24) is 30.8 Å². The van der Waals surface area contributed by atoms with Crippen LogP contribution in [0.15, 0.2) is 152 Å². The largest absolute Gasteiger partial charge is 0.508 e. The number of carboxylic acid groups (broad SMARTS) is 1. The maximum Gasteiger partial charge on any atom is 0.326 e. The summed E-state index contributed by atoms with van der Waals surface area (Å²) in [5.74, 6) is -3.31. The Morgan fingerprint density at radius 2 is 1.12 bits per heavy atom. The molecule has 378 valence electrons. The van der Waals surface area contributed by atoms with Crippen molar-refractivity contribution in [2.45, 2.75) is 121 Å². The number of phenols is 1. The molecule has 6 aromatic rings. The summed E-state index contributed by atoms with van der Waals surface area (Å²) in [4.78, 5) is 72.6. The van der Waals surface area contributed by atoms with Crippen molar-refractivity contribution < 1.29 is 34.2 Å². The first kappa shape index (κ1) is 53.8. The van der Waals surface area contributed by atoms with Crippen molar-refractivity contribution in [1.29, 1.82) is 0 Å². The third-order valence-electron chi connectivity index (χ3n) is 12.9. The molecule has 6 rings (SSSR count). The van der Waals surface area contributed by atoms with Gasteiger partial charge in [-0.05, 0) is 72.6 Å². The Bertz CT molecular complexity index is 2550. The average Bonchev–Trinajstić information content (AvgIpc) is 3.85. The number of nitrogens with two attached hydrogens (primary N) is 1. The third kappa shape index (κ3) is 15.2. The van der Waals surface area contributed by atoms with E-state index in [0.29, 0.717) is 42.6 Å². The summed E-state index contributed by atoms with van der Waals surface area (Å²) in [6, 6.07) is 38.9. The zero-order valence-corrected chi connectivity index (χ0v) is 41.3. The quantitative estimate of drug-likeness (QED) is 0.0194. The van der Waals surface area contributed by atoms with E-state index in [0.717, 1.165) is 54.4 Å². The van der Waals surface area contributed by atoms with E-state index >= 15 is 0 Å². The number of nitrogens with zero attached hydrogens (tertiary/aromatic N) is 2. The van der Waals surface area contributed by atoms with Crippen LogP contribution in [0.4, 0.5) is 0 Å². The Morgan fingerprint density at radius 1 is 0.611 bits per heavy atom. The molecule has 0 spiro atoms. The van der Waals surface area contributed by atoms with Crippen LogP contribution in [0.3, 0.4) is 0 Å². The van der Waals surface area contributed by atoms with Gasteiger partial charge in [-0.25, -0.2) is 9.78 Å². The zero-order valence-electron chi connectivity index (χ0n) is 41.3. The Labute approximate surface area is 422 Å². The van der Waals surface area contributed by atoms with Crippen LogP contribution < -0.4 is 27.0 Å². The first-order chi connectivity index (χ1) is 34.9. The standard InChI is InChI=1S/C58H69N7O7/c1-3-4-5-6-16-26-53(67)60-35-18-17-25-50(55(69)63-51(36-42-29-27-41(2)28-30-42)56(70)64-52(57(71)72)37-43-31-33-48(66)34-32-43)62-54(68)49(59)38-47-39-65(40-61-47)58(44-19-10-7-11-20-44,45-21-12-8-13-22-45)46-23-14-9-15-24-46/h7-15,19-24,27-34,39-40,49-52,66H,3-6,16-18,25-26,35-38,59H2,1-2H3,(H,60,67)(H,62,68)(H,63,69)(H,64,70)(H,71,72)/t49-,50+,51-,52+/m1/s1. The van der Waals surface area contributed by atoms with Gasteiger partial charge in [-0.1, -0.05) is 166 Å². The van der Waals surface area contributed by atoms with Gasteiger partial charge in [0.05, 0.1) is 18.1 Å². The molecule has 0 saturated heterocycles. The molecule has 14 heteroatoms. The normalized spacial score (nSPS) is 13.0. The lowest BCUT2D eigenvalue weighted by molar-refractivity contribution is -0.142. The van der Waals surface area contributed by atoms with Crippen LogP contribution in [-0.4, -0.2) is 80.1 Å². The topological polar surface area (TPSA) is 218 Å². The summed E-state index contributed by atoms with van der Waals surface area (Å²) in [5.41, 5.74) is 11.6. The highest BCUT2D eigenvalue weighted by atomic mass is 16.4. The van der Waals surface area contributed by atoms with E-state index < -0.39 is 53.4 Å². The maximum absolute atomic E-state index is 14.5. The van der Waals surface area contributed by atoms with Crippen molar-refractivity contribution in [3.8, 4) is 5.75 Å². The van der Waals surface area contributed by atoms with Crippen LogP contribution in [0.2, 0.25) is 0 Å². The molecule has 0 bridgehead atoms. The van der Waals surface area contributed by atoms with E-state index in [9.17, 15) is 34.2 Å². The summed E-state index contributed by atoms with van der Waals surface area (Å²) >= 11 is 0. The van der Waals surface area contributed by atoms with Gasteiger partial charge in [0.15, 0.2) is 0 Å². The second-order valence-electron chi connectivity index (χ2n) is 18.5. The van der Waals surface area contributed by atoms with Crippen molar-refractivity contribution in [3.05, 3.63) is 191 Å². The number of phenolic OH excluding ortho intramolecular Hbond substituents is 1. The van der Waals surface area contributed by atoms with E-state index in [-0.39, 0.29) is 37.3 Å². The fourth-order valence-electron chi connectivity index (χ4n) is 8.96. The molecule has 8 N–H and O–H groups in total. The summed E-state index contributed by atoms with van der Waals surface area (Å²) < 4.78 is 2.04. The lowest BCUT2D eigenvalue weighted by Gasteiger charge is -2.37. The summed E-state index contributed by atoms with van der Waals surface area (Å²) in [7, 11) is 0. The predicted octanol–water partition coefficient (Wildman–Crippen LogP) is 7.28. The molecule has 0 aliphatic carbocycles. The Morgan fingerprint density at radius 3 is 1.69 bits per heavy atom. The number of hydrogen-bond donors (Lipinski definition) is 7. The highest BCUT2D eigenvalue weighted by Gasteiger charge is 2.39. The first-order valence-electron chi connectivity index (χ1n) is 25.1. The molecule has 14 nitrogen and oxygen atoms in total. The van der Waals surface area contributed by atoms with Crippen LogP contribution in [-0.2, 0) is 48.8 Å². The van der Waals surface area contributed by atoms with Crippen LogP contribution in [0, 0.1) is 6.92 Å². The molecular formula is C58H69N7O7. The molecule has 0 unspecified atom stereocenters. The van der Waals surface area contributed by atoms with E-state index in [4.69, 9.17) is 10.7 Å². The number of benzene rings is 5. The molecule has 1 aromatic heterocycles. The molecule has 0 fully saturated rings. The highest BCUT2D eigenvalue weighted by molar-refractivity contribution is 5.94. The summed E-state index contributed by atoms with van der Waals surface area (Å²) in [6.45, 7) is 4.45. The number of aryl methyl sites for hydroxylation is 1. The zero-order chi connectivity index (χ0) is 51.3. The van der Waals surface area contributed by atoms with Crippen LogP contribution in [0.1, 0.15) is 104 Å². The van der Waals surface area contributed by atoms with E-state index in [1.165, 1.54) is 12.1 Å². The van der Waals surface area contributed by atoms with Gasteiger partial charge in [-0.3, -0.25) is 19.2 Å². The van der Waals surface area contributed by atoms with Gasteiger partial charge in [0.25, 0.3) is 0 Å². The van der Waals surface area contributed by atoms with Gasteiger partial charge in [-0.2, -0.15) is 0 Å². The van der Waals surface area contributed by atoms with E-state index in [1.807, 2.05) is 96.6 Å². The molecule has 0 saturated carbocycles. The molecule has 72 heavy (non-hydrogen) atoms. The number of rotatable bonds is 28. The second kappa shape index (κ2) is 27.1. The van der Waals surface area contributed by atoms with Gasteiger partial charge in [0.1, 0.15) is 29.4 Å². The molecular weight excluding hydrogens is 907 g/mol. The Hall–Kier alpha value is -7.58. The number of aliphatic carboxylic acids is 1. The van der Waals surface area contributed by atoms with Crippen LogP contribution in [0.25, 0.3) is 0 Å². The number of carboxylic acids is 1. The monoisotopic (exact) mass is 976 g/mol. The number of carbonyl (C=O) groups is 5. The van der Waals surface area contributed by atoms with Crippen LogP contribution in [0.5, 0.6) is 5.75 Å². The minimum Gasteiger partial charge on any atom is -0.508 e. The SMILES string of the molecule is CCCCCCCC(=O)NCCCC[C@H](NC(=O)[C@H](N)Cc1cn(C(c2ccccc2)(c2ccccc2)c2ccccc2)cn1)C(=O)N[C@H](Cc1ccc(C)cc1)C(=O)N[C@@H](Cc1ccc(O)cc1)C(=O)O. The van der Waals surface area contributed by atoms with Crippen molar-refractivity contribution in [3.63, 3.8) is 0 Å². The number of carbonyl (C=O) groups excluding carboxylic acids is 4. The van der Waals surface area contributed by atoms with Crippen molar-refractivity contribution in [2.24, 2.45) is 5.73 Å². The summed E-state index contributed by atoms with van der Waals surface area (Å²) in [6.07, 6.45) is 10.3. The van der Waals surface area contributed by atoms with E-state index in [1.54, 1.807) is 18.5 Å². The molecule has 0 aliphatic rings. The number of aromatic nitrogens is 2. The fraction of sp³-hybridized carbons (Fsp3) is 0.345. The fourth-order valence-corrected chi connectivity index (χ4v) is 8.96. The van der Waals surface area contributed by atoms with Gasteiger partial charge >= 0.3 is 5.97 Å². The lowest BCUT2D eigenvalue weighted by Crippen LogP contribution is -2.58. The number of unbranched alkanes of at least 4 members (excludes halogenated alkanes) is 5. The average molecular weight is 976 g/mol. The number of hydrogen-bond acceptors (Lipinski definition) is 8. The molecule has 4 amide bonds. The van der Waals surface area contributed by atoms with Gasteiger partial charge in [-0.15, -0.1) is 0 Å². The van der Waals surface area contributed by atoms with E-state index in [2.05, 4.69) is 64.6 Å². The summed E-state index contributed by atoms with van der Waals surface area (Å²) in [5, 5.41) is 31.2. The molecule has 5 aromatic carbocycles. The highest BCUT2D eigenvalue weighted by Crippen LogP contribution is 2.40. The second-order valence-corrected chi connectivity index (χ2v) is 18.5. The molecule has 0 radical (unpaired) electrons. The van der Waals surface area contributed by atoms with Crippen molar-refractivity contribution in [2.75, 3.05) is 6.54 Å². The third-order valence-corrected chi connectivity index (χ3v) is 12.9. The maximum atomic E-state index is 14.5.